The zero-order valence-corrected chi connectivity index (χ0v) is 52.8. The molecule has 0 aliphatic carbocycles. The summed E-state index contributed by atoms with van der Waals surface area (Å²) < 4.78 is 86.8. The molecule has 3 aromatic heterocycles. The van der Waals surface area contributed by atoms with Gasteiger partial charge in [-0.2, -0.15) is 0 Å². The number of furan rings is 3. The van der Waals surface area contributed by atoms with Crippen LogP contribution in [0.1, 0.15) is 116 Å². The number of aryl methyl sites for hydroxylation is 6. The lowest BCUT2D eigenvalue weighted by Gasteiger charge is -2.15. The average molecular weight is 1270 g/mol. The Balaban J connectivity index is 0.00000101. The Morgan fingerprint density at radius 1 is 0.468 bits per heavy atom. The number of thiol groups is 3. The summed E-state index contributed by atoms with van der Waals surface area (Å²) >= 11 is 27.5. The van der Waals surface area contributed by atoms with Gasteiger partial charge >= 0.3 is 0 Å². The van der Waals surface area contributed by atoms with Gasteiger partial charge in [-0.15, -0.1) is 37.9 Å². The zero-order valence-electron chi connectivity index (χ0n) is 44.6. The summed E-state index contributed by atoms with van der Waals surface area (Å²) in [5, 5.41) is -0.178. The van der Waals surface area contributed by atoms with Gasteiger partial charge in [0.25, 0.3) is 0 Å². The highest BCUT2D eigenvalue weighted by Crippen LogP contribution is 2.31. The first-order valence-electron chi connectivity index (χ1n) is 23.7. The second kappa shape index (κ2) is 44.2. The standard InChI is InChI=1S/2C13H12ClNO4S2.C13H12ClNO3S3.4C4H8/c2*14-11-6-8(3-4-9-2-1-5-19-9)10(13(16)20)7-12(11)15-21(17)18;14-11-6-8(3-4-9-2-1-5-18-9)10(13(19)20)7-12(11)15-21(16)17;4*1-3-4-2/h2*1-2,5-7,15H,3-4H2,(H,16,20)(H,17,18);1-2,5-7,15H,3-4H2,(H,16,17)(H,19,20);4*3-4H,1-2H3/p-3. The quantitative estimate of drug-likeness (QED) is 0.0204. The molecule has 0 aliphatic rings. The van der Waals surface area contributed by atoms with Crippen molar-refractivity contribution in [3.63, 3.8) is 0 Å². The molecule has 0 bridgehead atoms. The van der Waals surface area contributed by atoms with E-state index >= 15 is 0 Å². The molecule has 3 heterocycles. The topological polar surface area (TPSA) is 230 Å². The SMILES string of the molecule is CC=CC.CC=CC.CC=CC.CC=CC.O=C(S)c1cc(NS(=O)[O-])c(Cl)cc1CCc1ccco1.O=C(S)c1cc(NS(=O)[O-])c(Cl)cc1CCc1ccco1.O=S([O-])Nc1cc(C(=S)S)c(CCc2ccco2)cc1Cl. The van der Waals surface area contributed by atoms with E-state index < -0.39 is 44.0 Å². The van der Waals surface area contributed by atoms with Crippen LogP contribution in [0, 0.1) is 0 Å². The summed E-state index contributed by atoms with van der Waals surface area (Å²) in [6.45, 7) is 16.0. The normalized spacial score (nSPS) is 11.6. The molecule has 0 saturated heterocycles. The van der Waals surface area contributed by atoms with Crippen LogP contribution in [-0.4, -0.2) is 40.7 Å². The average Bonchev–Trinajstić information content (AvgIpc) is 4.25. The maximum Gasteiger partial charge on any atom is 0.216 e. The van der Waals surface area contributed by atoms with Gasteiger partial charge < -0.3 is 41.1 Å². The Labute approximate surface area is 509 Å². The maximum atomic E-state index is 11.6. The van der Waals surface area contributed by atoms with E-state index in [2.05, 4.69) is 52.1 Å². The number of allylic oxidation sites excluding steroid dienone is 8. The fraction of sp³-hybridized carbons (Fsp3) is 0.255. The van der Waals surface area contributed by atoms with Crippen LogP contribution >= 0.6 is 84.9 Å². The van der Waals surface area contributed by atoms with Gasteiger partial charge in [-0.05, 0) is 164 Å². The van der Waals surface area contributed by atoms with Crippen LogP contribution < -0.4 is 14.2 Å². The molecular formula is C55H65Cl3N3O11S7-3. The highest BCUT2D eigenvalue weighted by Gasteiger charge is 2.16. The number of carbonyl (C=O) groups excluding carboxylic acids is 2. The molecule has 79 heavy (non-hydrogen) atoms. The molecular weight excluding hydrogens is 1210 g/mol. The monoisotopic (exact) mass is 1270 g/mol. The van der Waals surface area contributed by atoms with Crippen molar-refractivity contribution in [1.82, 2.24) is 0 Å². The van der Waals surface area contributed by atoms with Gasteiger partial charge in [0.05, 0.1) is 55.1 Å². The van der Waals surface area contributed by atoms with Gasteiger partial charge in [0.2, 0.25) is 10.2 Å². The fourth-order valence-electron chi connectivity index (χ4n) is 5.70. The van der Waals surface area contributed by atoms with E-state index in [-0.39, 0.29) is 27.1 Å². The lowest BCUT2D eigenvalue weighted by atomic mass is 10.0. The number of nitrogens with one attached hydrogen (secondary N) is 3. The largest absolute Gasteiger partial charge is 0.755 e. The number of carbonyl (C=O) groups is 2. The van der Waals surface area contributed by atoms with Crippen molar-refractivity contribution in [2.45, 2.75) is 93.9 Å². The van der Waals surface area contributed by atoms with Gasteiger partial charge in [0.15, 0.2) is 0 Å². The summed E-state index contributed by atoms with van der Waals surface area (Å²) in [6, 6.07) is 20.1. The molecule has 0 radical (unpaired) electrons. The van der Waals surface area contributed by atoms with Crippen LogP contribution in [-0.2, 0) is 72.3 Å². The first-order chi connectivity index (χ1) is 37.6. The molecule has 0 amide bonds. The Morgan fingerprint density at radius 3 is 0.899 bits per heavy atom. The van der Waals surface area contributed by atoms with Crippen molar-refractivity contribution < 1.29 is 49.1 Å². The first-order valence-corrected chi connectivity index (χ1v) is 29.8. The summed E-state index contributed by atoms with van der Waals surface area (Å²) in [5.74, 6) is 2.42. The van der Waals surface area contributed by atoms with Crippen LogP contribution in [0.2, 0.25) is 15.1 Å². The first kappa shape index (κ1) is 74.5. The maximum absolute atomic E-state index is 11.6. The molecule has 3 aromatic carbocycles. The Bertz CT molecular complexity index is 2600. The molecule has 6 aromatic rings. The van der Waals surface area contributed by atoms with Crippen molar-refractivity contribution in [3.05, 3.63) is 206 Å². The lowest BCUT2D eigenvalue weighted by Crippen LogP contribution is -2.06. The molecule has 0 aliphatic heterocycles. The zero-order chi connectivity index (χ0) is 59.9. The third-order valence-corrected chi connectivity index (χ3v) is 12.9. The predicted octanol–water partition coefficient (Wildman–Crippen LogP) is 15.8. The summed E-state index contributed by atoms with van der Waals surface area (Å²) in [5.41, 5.74) is 4.10. The summed E-state index contributed by atoms with van der Waals surface area (Å²) in [7, 11) is 0. The second-order valence-corrected chi connectivity index (χ2v) is 20.5. The minimum absolute atomic E-state index is 0.143. The third kappa shape index (κ3) is 32.5. The molecule has 14 nitrogen and oxygen atoms in total. The van der Waals surface area contributed by atoms with Gasteiger partial charge in [0, 0.05) is 69.8 Å². The molecule has 3 atom stereocenters. The van der Waals surface area contributed by atoms with Crippen LogP contribution in [0.5, 0.6) is 0 Å². The van der Waals surface area contributed by atoms with Crippen molar-refractivity contribution >= 4 is 150 Å². The Morgan fingerprint density at radius 2 is 0.709 bits per heavy atom. The van der Waals surface area contributed by atoms with Gasteiger partial charge in [0.1, 0.15) is 17.3 Å². The van der Waals surface area contributed by atoms with E-state index in [4.69, 9.17) is 60.3 Å². The minimum Gasteiger partial charge on any atom is -0.755 e. The Kier molecular flexibility index (Phi) is 41.7. The predicted molar refractivity (Wildman–Crippen MR) is 340 cm³/mol. The Hall–Kier alpha value is -4.46. The number of hydrogen-bond acceptors (Lipinski definition) is 12. The van der Waals surface area contributed by atoms with Crippen molar-refractivity contribution in [2.75, 3.05) is 14.2 Å². The van der Waals surface area contributed by atoms with Crippen molar-refractivity contribution in [1.29, 1.82) is 0 Å². The molecule has 6 rings (SSSR count). The van der Waals surface area contributed by atoms with Crippen molar-refractivity contribution in [2.24, 2.45) is 0 Å². The third-order valence-electron chi connectivity index (χ3n) is 9.85. The van der Waals surface area contributed by atoms with E-state index in [1.807, 2.05) is 128 Å². The van der Waals surface area contributed by atoms with Gasteiger partial charge in [-0.3, -0.25) is 22.2 Å². The number of hydrogen-bond donors (Lipinski definition) is 6. The fourth-order valence-corrected chi connectivity index (χ4v) is 8.43. The second-order valence-electron chi connectivity index (χ2n) is 15.3. The van der Waals surface area contributed by atoms with E-state index in [0.29, 0.717) is 75.6 Å². The van der Waals surface area contributed by atoms with E-state index in [1.165, 1.54) is 12.1 Å². The van der Waals surface area contributed by atoms with Crippen LogP contribution in [0.3, 0.4) is 0 Å². The number of rotatable bonds is 18. The molecule has 3 N–H and O–H groups in total. The molecule has 432 valence electrons. The van der Waals surface area contributed by atoms with Crippen LogP contribution in [0.25, 0.3) is 0 Å². The highest BCUT2D eigenvalue weighted by molar-refractivity contribution is 8.11. The number of benzene rings is 3. The van der Waals surface area contributed by atoms with Crippen LogP contribution in [0.15, 0.2) is 153 Å². The summed E-state index contributed by atoms with van der Waals surface area (Å²) in [6.07, 6.45) is 24.3. The van der Waals surface area contributed by atoms with E-state index in [9.17, 15) is 35.9 Å². The molecule has 3 unspecified atom stereocenters. The minimum atomic E-state index is -2.52. The highest BCUT2D eigenvalue weighted by atomic mass is 35.5. The van der Waals surface area contributed by atoms with Gasteiger partial charge in [-0.25, -0.2) is 0 Å². The number of anilines is 3. The molecule has 24 heteroatoms. The van der Waals surface area contributed by atoms with E-state index in [0.717, 1.165) is 22.8 Å². The smallest absolute Gasteiger partial charge is 0.216 e. The van der Waals surface area contributed by atoms with E-state index in [1.54, 1.807) is 55.2 Å². The number of thiocarbonyl (C=S) groups is 1. The molecule has 0 saturated carbocycles. The van der Waals surface area contributed by atoms with Crippen molar-refractivity contribution in [3.8, 4) is 0 Å². The number of halogens is 3. The van der Waals surface area contributed by atoms with Crippen LogP contribution in [0.4, 0.5) is 17.1 Å². The van der Waals surface area contributed by atoms with Gasteiger partial charge in [-0.1, -0.05) is 95.6 Å². The summed E-state index contributed by atoms with van der Waals surface area (Å²) in [4.78, 5) is 23.2. The lowest BCUT2D eigenvalue weighted by molar-refractivity contribution is 0.108. The molecule has 0 fully saturated rings. The molecule has 0 spiro atoms.